The van der Waals surface area contributed by atoms with Crippen molar-refractivity contribution in [3.8, 4) is 11.8 Å². The minimum Gasteiger partial charge on any atom is -0.478 e. The van der Waals surface area contributed by atoms with E-state index in [9.17, 15) is 4.39 Å². The monoisotopic (exact) mass is 344 g/mol. The van der Waals surface area contributed by atoms with Gasteiger partial charge in [-0.25, -0.2) is 4.39 Å². The third-order valence-electron chi connectivity index (χ3n) is 3.24. The van der Waals surface area contributed by atoms with E-state index in [1.807, 2.05) is 23.6 Å². The van der Waals surface area contributed by atoms with Crippen LogP contribution in [0.1, 0.15) is 10.4 Å². The van der Waals surface area contributed by atoms with Gasteiger partial charge in [0.1, 0.15) is 17.6 Å². The quantitative estimate of drug-likeness (QED) is 0.922. The molecule has 0 amide bonds. The van der Waals surface area contributed by atoms with Crippen LogP contribution >= 0.6 is 35.3 Å². The highest BCUT2D eigenvalue weighted by Gasteiger charge is 2.42. The van der Waals surface area contributed by atoms with Crippen LogP contribution < -0.4 is 10.1 Å². The van der Waals surface area contributed by atoms with Gasteiger partial charge in [0, 0.05) is 19.2 Å². The number of hydrogen-bond donors (Lipinski definition) is 1. The smallest absolute Gasteiger partial charge is 0.168 e. The van der Waals surface area contributed by atoms with E-state index in [0.29, 0.717) is 18.8 Å². The van der Waals surface area contributed by atoms with Crippen LogP contribution in [0.2, 0.25) is 5.02 Å². The van der Waals surface area contributed by atoms with E-state index in [1.165, 1.54) is 6.07 Å². The molecule has 0 saturated carbocycles. The van der Waals surface area contributed by atoms with Crippen LogP contribution in [0, 0.1) is 17.1 Å². The van der Waals surface area contributed by atoms with Crippen molar-refractivity contribution in [3.05, 3.63) is 50.9 Å². The lowest BCUT2D eigenvalue weighted by molar-refractivity contribution is 0.0153. The molecule has 0 spiro atoms. The van der Waals surface area contributed by atoms with E-state index in [-0.39, 0.29) is 23.0 Å². The Hall–Kier alpha value is -1.32. The van der Waals surface area contributed by atoms with Gasteiger partial charge in [-0.15, -0.1) is 23.7 Å². The molecule has 1 aliphatic heterocycles. The molecule has 0 aliphatic carbocycles. The first kappa shape index (κ1) is 16.1. The van der Waals surface area contributed by atoms with Crippen LogP contribution in [0.4, 0.5) is 4.39 Å². The van der Waals surface area contributed by atoms with Crippen LogP contribution in [0.15, 0.2) is 29.6 Å². The second-order valence-corrected chi connectivity index (χ2v) is 5.91. The Bertz CT molecular complexity index is 681. The van der Waals surface area contributed by atoms with Crippen molar-refractivity contribution < 1.29 is 9.13 Å². The number of hydrogen-bond acceptors (Lipinski definition) is 4. The molecule has 0 unspecified atom stereocenters. The molecule has 1 fully saturated rings. The maximum Gasteiger partial charge on any atom is 0.168 e. The van der Waals surface area contributed by atoms with E-state index in [4.69, 9.17) is 21.6 Å². The summed E-state index contributed by atoms with van der Waals surface area (Å²) < 4.78 is 19.4. The van der Waals surface area contributed by atoms with Crippen LogP contribution in [0.25, 0.3) is 0 Å². The fourth-order valence-corrected chi connectivity index (χ4v) is 3.11. The number of ether oxygens (including phenoxy) is 1. The van der Waals surface area contributed by atoms with E-state index in [2.05, 4.69) is 5.32 Å². The average molecular weight is 345 g/mol. The Morgan fingerprint density at radius 2 is 2.19 bits per heavy atom. The molecule has 7 heteroatoms. The van der Waals surface area contributed by atoms with Crippen molar-refractivity contribution in [2.24, 2.45) is 0 Å². The molecule has 1 aromatic heterocycles. The van der Waals surface area contributed by atoms with Crippen molar-refractivity contribution in [2.45, 2.75) is 5.60 Å². The molecule has 3 rings (SSSR count). The predicted octanol–water partition coefficient (Wildman–Crippen LogP) is 3.71. The highest BCUT2D eigenvalue weighted by Crippen LogP contribution is 2.37. The van der Waals surface area contributed by atoms with Crippen molar-refractivity contribution in [1.29, 1.82) is 5.26 Å². The summed E-state index contributed by atoms with van der Waals surface area (Å²) in [6.45, 7) is 1.29. The summed E-state index contributed by atoms with van der Waals surface area (Å²) in [7, 11) is 0. The number of nitrogens with one attached hydrogen (secondary N) is 1. The molecule has 1 aliphatic rings. The van der Waals surface area contributed by atoms with E-state index < -0.39 is 11.4 Å². The molecule has 0 atom stereocenters. The molecule has 1 aromatic carbocycles. The molecule has 1 saturated heterocycles. The first-order chi connectivity index (χ1) is 9.64. The van der Waals surface area contributed by atoms with Crippen molar-refractivity contribution in [3.63, 3.8) is 0 Å². The van der Waals surface area contributed by atoms with Crippen LogP contribution in [0.3, 0.4) is 0 Å². The minimum atomic E-state index is -0.618. The summed E-state index contributed by atoms with van der Waals surface area (Å²) in [6, 6.07) is 8.35. The largest absolute Gasteiger partial charge is 0.478 e. The highest BCUT2D eigenvalue weighted by atomic mass is 35.5. The van der Waals surface area contributed by atoms with Gasteiger partial charge in [0.25, 0.3) is 0 Å². The van der Waals surface area contributed by atoms with Crippen molar-refractivity contribution in [1.82, 2.24) is 5.32 Å². The molecule has 1 N–H and O–H groups in total. The fourth-order valence-electron chi connectivity index (χ4n) is 2.10. The second kappa shape index (κ2) is 6.20. The normalized spacial score (nSPS) is 15.5. The topological polar surface area (TPSA) is 45.0 Å². The first-order valence-electron chi connectivity index (χ1n) is 5.97. The van der Waals surface area contributed by atoms with E-state index >= 15 is 0 Å². The number of nitrogens with zero attached hydrogens (tertiary/aromatic N) is 1. The maximum absolute atomic E-state index is 13.4. The van der Waals surface area contributed by atoms with Crippen molar-refractivity contribution in [2.75, 3.05) is 13.1 Å². The number of halogens is 3. The van der Waals surface area contributed by atoms with Gasteiger partial charge in [0.05, 0.1) is 15.5 Å². The first-order valence-corrected chi connectivity index (χ1v) is 7.23. The molecule has 2 aromatic rings. The molecule has 110 valence electrons. The number of thiophene rings is 1. The lowest BCUT2D eigenvalue weighted by Crippen LogP contribution is -2.60. The van der Waals surface area contributed by atoms with Crippen LogP contribution in [0.5, 0.6) is 5.75 Å². The van der Waals surface area contributed by atoms with Gasteiger partial charge >= 0.3 is 0 Å². The summed E-state index contributed by atoms with van der Waals surface area (Å²) in [4.78, 5) is 1.07. The lowest BCUT2D eigenvalue weighted by atomic mass is 9.94. The molecular weight excluding hydrogens is 334 g/mol. The van der Waals surface area contributed by atoms with E-state index in [1.54, 1.807) is 11.3 Å². The second-order valence-electron chi connectivity index (χ2n) is 4.55. The highest BCUT2D eigenvalue weighted by molar-refractivity contribution is 7.10. The van der Waals surface area contributed by atoms with Crippen molar-refractivity contribution >= 4 is 35.3 Å². The number of benzene rings is 1. The molecular formula is C14H11Cl2FN2OS. The Morgan fingerprint density at radius 1 is 1.43 bits per heavy atom. The van der Waals surface area contributed by atoms with Gasteiger partial charge in [0.15, 0.2) is 5.60 Å². The zero-order valence-corrected chi connectivity index (χ0v) is 13.1. The predicted molar refractivity (Wildman–Crippen MR) is 82.9 cm³/mol. The van der Waals surface area contributed by atoms with E-state index in [0.717, 1.165) is 10.9 Å². The Morgan fingerprint density at radius 3 is 2.71 bits per heavy atom. The SMILES string of the molecule is Cl.N#Cc1cc(F)c(Cl)cc1OC1(c2cccs2)CNC1. The van der Waals surface area contributed by atoms with Gasteiger partial charge in [-0.1, -0.05) is 17.7 Å². The summed E-state index contributed by atoms with van der Waals surface area (Å²) in [5, 5.41) is 14.2. The summed E-state index contributed by atoms with van der Waals surface area (Å²) in [6.07, 6.45) is 0. The summed E-state index contributed by atoms with van der Waals surface area (Å²) >= 11 is 7.37. The zero-order valence-electron chi connectivity index (χ0n) is 10.7. The van der Waals surface area contributed by atoms with Crippen LogP contribution in [-0.2, 0) is 5.60 Å². The summed E-state index contributed by atoms with van der Waals surface area (Å²) in [5.74, 6) is -0.304. The number of rotatable bonds is 3. The molecule has 21 heavy (non-hydrogen) atoms. The standard InChI is InChI=1S/C14H10ClFN2OS.ClH/c15-10-5-12(9(6-17)4-11(10)16)19-14(7-18-8-14)13-2-1-3-20-13;/h1-5,18H,7-8H2;1H. The molecule has 3 nitrogen and oxygen atoms in total. The Balaban J connectivity index is 0.00000161. The Kier molecular flexibility index (Phi) is 4.74. The Labute approximate surface area is 136 Å². The minimum absolute atomic E-state index is 0. The summed E-state index contributed by atoms with van der Waals surface area (Å²) in [5.41, 5.74) is -0.351. The fraction of sp³-hybridized carbons (Fsp3) is 0.214. The van der Waals surface area contributed by atoms with Gasteiger partial charge in [0.2, 0.25) is 0 Å². The lowest BCUT2D eigenvalue weighted by Gasteiger charge is -2.42. The molecule has 0 bridgehead atoms. The van der Waals surface area contributed by atoms with Gasteiger partial charge in [-0.05, 0) is 17.5 Å². The average Bonchev–Trinajstić information content (AvgIpc) is 2.91. The molecule has 0 radical (unpaired) electrons. The number of nitriles is 1. The van der Waals surface area contributed by atoms with Crippen LogP contribution in [-0.4, -0.2) is 13.1 Å². The van der Waals surface area contributed by atoms with Gasteiger partial charge < -0.3 is 10.1 Å². The maximum atomic E-state index is 13.4. The van der Waals surface area contributed by atoms with Gasteiger partial charge in [-0.2, -0.15) is 5.26 Å². The van der Waals surface area contributed by atoms with Gasteiger partial charge in [-0.3, -0.25) is 0 Å². The third-order valence-corrected chi connectivity index (χ3v) is 4.58. The molecule has 2 heterocycles. The zero-order chi connectivity index (χ0) is 14.2. The third kappa shape index (κ3) is 2.85.